The lowest BCUT2D eigenvalue weighted by Gasteiger charge is -2.41. The van der Waals surface area contributed by atoms with Gasteiger partial charge in [-0.15, -0.1) is 0 Å². The van der Waals surface area contributed by atoms with Gasteiger partial charge in [-0.05, 0) is 65.0 Å². The molecule has 2 aromatic rings. The Kier molecular flexibility index (Phi) is 8.27. The van der Waals surface area contributed by atoms with Gasteiger partial charge in [-0.1, -0.05) is 39.0 Å². The highest BCUT2D eigenvalue weighted by Gasteiger charge is 2.42. The maximum absolute atomic E-state index is 13.0. The van der Waals surface area contributed by atoms with Gasteiger partial charge in [0.15, 0.2) is 0 Å². The Bertz CT molecular complexity index is 1190. The molecule has 1 unspecified atom stereocenters. The second kappa shape index (κ2) is 11.6. The number of nitrogens with one attached hydrogen (secondary N) is 1. The van der Waals surface area contributed by atoms with Crippen LogP contribution in [0.3, 0.4) is 0 Å². The first-order valence-corrected chi connectivity index (χ1v) is 15.3. The smallest absolute Gasteiger partial charge is 0.322 e. The van der Waals surface area contributed by atoms with Crippen LogP contribution in [0.1, 0.15) is 90.0 Å². The van der Waals surface area contributed by atoms with Crippen LogP contribution in [0, 0.1) is 12.3 Å². The molecule has 3 aliphatic heterocycles. The van der Waals surface area contributed by atoms with Crippen molar-refractivity contribution in [2.45, 2.75) is 111 Å². The van der Waals surface area contributed by atoms with Crippen molar-refractivity contribution in [2.24, 2.45) is 5.41 Å². The predicted octanol–water partition coefficient (Wildman–Crippen LogP) is 5.30. The van der Waals surface area contributed by atoms with Gasteiger partial charge in [-0.25, -0.2) is 9.78 Å². The maximum Gasteiger partial charge on any atom is 0.322 e. The van der Waals surface area contributed by atoms with Gasteiger partial charge in [0.05, 0.1) is 12.2 Å². The zero-order chi connectivity index (χ0) is 28.6. The van der Waals surface area contributed by atoms with Crippen molar-refractivity contribution in [1.29, 1.82) is 0 Å². The molecule has 218 valence electrons. The van der Waals surface area contributed by atoms with Crippen LogP contribution < -0.4 is 10.2 Å². The van der Waals surface area contributed by atoms with Gasteiger partial charge in [-0.2, -0.15) is 0 Å². The van der Waals surface area contributed by atoms with Crippen LogP contribution >= 0.6 is 0 Å². The molecule has 5 rings (SSSR count). The van der Waals surface area contributed by atoms with Gasteiger partial charge in [0.25, 0.3) is 0 Å². The van der Waals surface area contributed by atoms with Crippen molar-refractivity contribution in [3.63, 3.8) is 0 Å². The van der Waals surface area contributed by atoms with Crippen molar-refractivity contribution in [3.05, 3.63) is 47.5 Å². The molecule has 2 saturated heterocycles. The van der Waals surface area contributed by atoms with E-state index in [1.807, 2.05) is 74.8 Å². The summed E-state index contributed by atoms with van der Waals surface area (Å²) in [6.45, 7) is 15.3. The number of fused-ring (bicyclic) bond motifs is 3. The molecular weight excluding hydrogens is 500 g/mol. The first-order chi connectivity index (χ1) is 19.0. The SMILES string of the molecule is Cc1nc2c(n1C1C[C@H]3CC[C@@H](C1)N3CCCN(C(=O)NC(C)C)c1ccccc1)CCN(C(=O)C(C)(C)C)C2. The van der Waals surface area contributed by atoms with E-state index < -0.39 is 0 Å². The van der Waals surface area contributed by atoms with Crippen molar-refractivity contribution < 1.29 is 9.59 Å². The van der Waals surface area contributed by atoms with Gasteiger partial charge < -0.3 is 14.8 Å². The lowest BCUT2D eigenvalue weighted by molar-refractivity contribution is -0.140. The van der Waals surface area contributed by atoms with E-state index in [1.165, 1.54) is 18.5 Å². The topological polar surface area (TPSA) is 73.7 Å². The van der Waals surface area contributed by atoms with Crippen LogP contribution in [0.15, 0.2) is 30.3 Å². The highest BCUT2D eigenvalue weighted by molar-refractivity contribution is 5.92. The molecule has 3 aliphatic rings. The summed E-state index contributed by atoms with van der Waals surface area (Å²) in [4.78, 5) is 37.5. The summed E-state index contributed by atoms with van der Waals surface area (Å²) in [5, 5.41) is 3.07. The first kappa shape index (κ1) is 28.7. The molecule has 3 amide bonds. The van der Waals surface area contributed by atoms with E-state index in [0.717, 1.165) is 56.0 Å². The van der Waals surface area contributed by atoms with Crippen LogP contribution in [-0.2, 0) is 17.8 Å². The minimum atomic E-state index is -0.364. The Morgan fingerprint density at radius 2 is 1.75 bits per heavy atom. The number of aromatic nitrogens is 2. The second-order valence-electron chi connectivity index (χ2n) is 13.3. The van der Waals surface area contributed by atoms with Gasteiger partial charge >= 0.3 is 6.03 Å². The van der Waals surface area contributed by atoms with E-state index in [0.29, 0.717) is 31.2 Å². The number of para-hydroxylation sites is 1. The van der Waals surface area contributed by atoms with Crippen LogP contribution in [0.4, 0.5) is 10.5 Å². The molecule has 40 heavy (non-hydrogen) atoms. The number of hydrogen-bond donors (Lipinski definition) is 1. The first-order valence-electron chi connectivity index (χ1n) is 15.3. The van der Waals surface area contributed by atoms with E-state index in [4.69, 9.17) is 4.98 Å². The fourth-order valence-electron chi connectivity index (χ4n) is 7.19. The molecular formula is C32H48N6O2. The number of amides is 3. The summed E-state index contributed by atoms with van der Waals surface area (Å²) in [7, 11) is 0. The van der Waals surface area contributed by atoms with E-state index in [-0.39, 0.29) is 23.4 Å². The molecule has 2 bridgehead atoms. The summed E-state index contributed by atoms with van der Waals surface area (Å²) in [6, 6.07) is 11.7. The third-order valence-corrected chi connectivity index (χ3v) is 8.91. The normalized spacial score (nSPS) is 22.9. The van der Waals surface area contributed by atoms with Crippen molar-refractivity contribution >= 4 is 17.6 Å². The maximum atomic E-state index is 13.0. The van der Waals surface area contributed by atoms with Gasteiger partial charge in [0.1, 0.15) is 5.82 Å². The van der Waals surface area contributed by atoms with Gasteiger partial charge in [-0.3, -0.25) is 14.6 Å². The van der Waals surface area contributed by atoms with Crippen molar-refractivity contribution in [2.75, 3.05) is 24.5 Å². The number of benzene rings is 1. The highest BCUT2D eigenvalue weighted by atomic mass is 16.2. The number of hydrogen-bond acceptors (Lipinski definition) is 4. The lowest BCUT2D eigenvalue weighted by Crippen LogP contribution is -2.47. The number of nitrogens with zero attached hydrogens (tertiary/aromatic N) is 5. The molecule has 1 aromatic carbocycles. The van der Waals surface area contributed by atoms with E-state index in [1.54, 1.807) is 0 Å². The van der Waals surface area contributed by atoms with Gasteiger partial charge in [0.2, 0.25) is 5.91 Å². The number of aryl methyl sites for hydroxylation is 1. The average Bonchev–Trinajstić information content (AvgIpc) is 3.35. The number of carbonyl (C=O) groups is 2. The largest absolute Gasteiger partial charge is 0.336 e. The summed E-state index contributed by atoms with van der Waals surface area (Å²) in [5.41, 5.74) is 3.03. The molecule has 1 aromatic heterocycles. The molecule has 3 atom stereocenters. The Hall–Kier alpha value is -2.87. The number of anilines is 1. The second-order valence-corrected chi connectivity index (χ2v) is 13.3. The zero-order valence-corrected chi connectivity index (χ0v) is 25.3. The molecule has 8 nitrogen and oxygen atoms in total. The monoisotopic (exact) mass is 548 g/mol. The number of imidazole rings is 1. The molecule has 0 spiro atoms. The van der Waals surface area contributed by atoms with Crippen LogP contribution in [0.2, 0.25) is 0 Å². The van der Waals surface area contributed by atoms with Crippen LogP contribution in [0.5, 0.6) is 0 Å². The number of piperidine rings is 1. The Labute approximate surface area is 240 Å². The van der Waals surface area contributed by atoms with E-state index >= 15 is 0 Å². The van der Waals surface area contributed by atoms with Crippen molar-refractivity contribution in [1.82, 2.24) is 24.7 Å². The van der Waals surface area contributed by atoms with Crippen LogP contribution in [0.25, 0.3) is 0 Å². The zero-order valence-electron chi connectivity index (χ0n) is 25.3. The fraction of sp³-hybridized carbons (Fsp3) is 0.656. The summed E-state index contributed by atoms with van der Waals surface area (Å²) < 4.78 is 2.53. The summed E-state index contributed by atoms with van der Waals surface area (Å²) in [5.74, 6) is 1.31. The van der Waals surface area contributed by atoms with Crippen molar-refractivity contribution in [3.8, 4) is 0 Å². The minimum Gasteiger partial charge on any atom is -0.336 e. The molecule has 2 fully saturated rings. The molecule has 8 heteroatoms. The average molecular weight is 549 g/mol. The molecule has 1 N–H and O–H groups in total. The number of rotatable bonds is 7. The predicted molar refractivity (Wildman–Crippen MR) is 159 cm³/mol. The van der Waals surface area contributed by atoms with Crippen LogP contribution in [-0.4, -0.2) is 69.0 Å². The summed E-state index contributed by atoms with van der Waals surface area (Å²) >= 11 is 0. The Balaban J connectivity index is 1.22. The third kappa shape index (κ3) is 5.92. The molecule has 0 radical (unpaired) electrons. The van der Waals surface area contributed by atoms with E-state index in [9.17, 15) is 9.59 Å². The Morgan fingerprint density at radius 3 is 2.38 bits per heavy atom. The Morgan fingerprint density at radius 1 is 1.07 bits per heavy atom. The fourth-order valence-corrected chi connectivity index (χ4v) is 7.19. The quantitative estimate of drug-likeness (QED) is 0.509. The van der Waals surface area contributed by atoms with E-state index in [2.05, 4.69) is 21.7 Å². The molecule has 4 heterocycles. The summed E-state index contributed by atoms with van der Waals surface area (Å²) in [6.07, 6.45) is 6.65. The number of urea groups is 1. The highest BCUT2D eigenvalue weighted by Crippen LogP contribution is 2.42. The minimum absolute atomic E-state index is 0.0222. The lowest BCUT2D eigenvalue weighted by atomic mass is 9.93. The standard InChI is InChI=1S/C32H48N6O2/c1-22(2)33-31(40)37(24-11-8-7-9-12-24)17-10-16-36-25-13-14-26(36)20-27(19-25)38-23(3)34-28-21-35(18-15-29(28)38)30(39)32(4,5)6/h7-9,11-12,22,25-27H,10,13-21H2,1-6H3,(H,33,40)/t25-,26+,27?. The molecule has 0 aliphatic carbocycles. The third-order valence-electron chi connectivity index (χ3n) is 8.91. The van der Waals surface area contributed by atoms with Gasteiger partial charge in [0, 0.05) is 67.0 Å². The number of carbonyl (C=O) groups excluding carboxylic acids is 2. The molecule has 0 saturated carbocycles.